The van der Waals surface area contributed by atoms with Gasteiger partial charge in [-0.3, -0.25) is 9.59 Å². The molecule has 190 valence electrons. The summed E-state index contributed by atoms with van der Waals surface area (Å²) in [7, 11) is 4.92. The Morgan fingerprint density at radius 3 is 2.53 bits per heavy atom. The van der Waals surface area contributed by atoms with Crippen LogP contribution in [-0.4, -0.2) is 46.6 Å². The number of rotatable bonds is 10. The number of carbonyl (C=O) groups excluding carboxylic acids is 2. The largest absolute Gasteiger partial charge is 0.493 e. The van der Waals surface area contributed by atoms with Crippen LogP contribution in [0.3, 0.4) is 0 Å². The highest BCUT2D eigenvalue weighted by Crippen LogP contribution is 2.28. The average molecular weight is 575 g/mol. The van der Waals surface area contributed by atoms with Crippen molar-refractivity contribution in [2.75, 3.05) is 25.3 Å². The molecule has 2 N–H and O–H groups in total. The van der Waals surface area contributed by atoms with Crippen molar-refractivity contribution in [2.45, 2.75) is 25.5 Å². The van der Waals surface area contributed by atoms with Gasteiger partial charge in [-0.25, -0.2) is 0 Å². The van der Waals surface area contributed by atoms with E-state index in [-0.39, 0.29) is 24.1 Å². The van der Waals surface area contributed by atoms with Gasteiger partial charge in [0, 0.05) is 17.6 Å². The number of hydrogen-bond donors (Lipinski definition) is 2. The second-order valence-corrected chi connectivity index (χ2v) is 9.67. The minimum atomic E-state index is -0.277. The summed E-state index contributed by atoms with van der Waals surface area (Å²) in [6, 6.07) is 9.29. The lowest BCUT2D eigenvalue weighted by Crippen LogP contribution is -2.22. The van der Waals surface area contributed by atoms with Gasteiger partial charge in [0.2, 0.25) is 11.8 Å². The van der Waals surface area contributed by atoms with Crippen LogP contribution in [0.1, 0.15) is 22.5 Å². The van der Waals surface area contributed by atoms with Crippen LogP contribution in [0.15, 0.2) is 46.0 Å². The third kappa shape index (κ3) is 7.11. The van der Waals surface area contributed by atoms with Gasteiger partial charge in [-0.05, 0) is 76.8 Å². The molecule has 0 aliphatic carbocycles. The second-order valence-electron chi connectivity index (χ2n) is 7.88. The quantitative estimate of drug-likeness (QED) is 0.275. The molecule has 0 radical (unpaired) electrons. The first-order valence-corrected chi connectivity index (χ1v) is 12.7. The number of aromatic nitrogens is 3. The monoisotopic (exact) mass is 573 g/mol. The fraction of sp³-hybridized carbons (Fsp3) is 0.280. The zero-order valence-electron chi connectivity index (χ0n) is 20.7. The summed E-state index contributed by atoms with van der Waals surface area (Å²) in [6.45, 7) is 4.21. The third-order valence-electron chi connectivity index (χ3n) is 5.37. The number of halogens is 1. The van der Waals surface area contributed by atoms with Gasteiger partial charge in [0.15, 0.2) is 22.5 Å². The maximum atomic E-state index is 12.4. The minimum absolute atomic E-state index is 0.151. The van der Waals surface area contributed by atoms with E-state index in [1.165, 1.54) is 17.8 Å². The number of aryl methyl sites for hydroxylation is 2. The van der Waals surface area contributed by atoms with E-state index in [1.54, 1.807) is 44.0 Å². The van der Waals surface area contributed by atoms with E-state index in [4.69, 9.17) is 9.47 Å². The minimum Gasteiger partial charge on any atom is -0.493 e. The zero-order valence-corrected chi connectivity index (χ0v) is 23.1. The Morgan fingerprint density at radius 1 is 1.08 bits per heavy atom. The van der Waals surface area contributed by atoms with Crippen LogP contribution in [0.4, 0.5) is 5.69 Å². The van der Waals surface area contributed by atoms with Crippen molar-refractivity contribution in [3.8, 4) is 11.5 Å². The summed E-state index contributed by atoms with van der Waals surface area (Å²) < 4.78 is 13.1. The molecule has 11 heteroatoms. The maximum Gasteiger partial charge on any atom is 0.244 e. The first-order chi connectivity index (χ1) is 17.2. The molecule has 1 heterocycles. The molecule has 0 atom stereocenters. The molecule has 0 spiro atoms. The lowest BCUT2D eigenvalue weighted by molar-refractivity contribution is -0.116. The number of amides is 2. The topological polar surface area (TPSA) is 107 Å². The van der Waals surface area contributed by atoms with E-state index in [9.17, 15) is 9.59 Å². The molecule has 0 bridgehead atoms. The van der Waals surface area contributed by atoms with Gasteiger partial charge in [0.1, 0.15) is 0 Å². The van der Waals surface area contributed by atoms with Crippen molar-refractivity contribution < 1.29 is 19.1 Å². The molecule has 0 unspecified atom stereocenters. The summed E-state index contributed by atoms with van der Waals surface area (Å²) >= 11 is 4.76. The second kappa shape index (κ2) is 12.6. The van der Waals surface area contributed by atoms with E-state index in [1.807, 2.05) is 32.0 Å². The van der Waals surface area contributed by atoms with Crippen LogP contribution >= 0.6 is 27.7 Å². The molecule has 0 aliphatic heterocycles. The number of thioether (sulfide) groups is 1. The fourth-order valence-electron chi connectivity index (χ4n) is 3.17. The van der Waals surface area contributed by atoms with Gasteiger partial charge in [-0.15, -0.1) is 10.2 Å². The standard InChI is InChI=1S/C25H28BrN5O4S/c1-15-10-18(26)19(11-16(15)2)28-24(33)14-36-25-30-29-22(31(25)3)13-27-23(32)9-7-17-6-8-20(34-4)21(12-17)35-5/h6-12H,13-14H2,1-5H3,(H,27,32)(H,28,33). The molecule has 0 saturated carbocycles. The van der Waals surface area contributed by atoms with Crippen LogP contribution in [0, 0.1) is 13.8 Å². The maximum absolute atomic E-state index is 12.4. The molecule has 0 fully saturated rings. The average Bonchev–Trinajstić information content (AvgIpc) is 3.22. The first kappa shape index (κ1) is 27.3. The van der Waals surface area contributed by atoms with Crippen molar-refractivity contribution in [3.63, 3.8) is 0 Å². The number of anilines is 1. The molecule has 1 aromatic heterocycles. The van der Waals surface area contributed by atoms with Crippen molar-refractivity contribution >= 4 is 51.3 Å². The van der Waals surface area contributed by atoms with Gasteiger partial charge >= 0.3 is 0 Å². The lowest BCUT2D eigenvalue weighted by atomic mass is 10.1. The van der Waals surface area contributed by atoms with E-state index in [0.717, 1.165) is 26.9 Å². The normalized spacial score (nSPS) is 10.9. The summed E-state index contributed by atoms with van der Waals surface area (Å²) in [5.41, 5.74) is 3.77. The summed E-state index contributed by atoms with van der Waals surface area (Å²) in [5.74, 6) is 1.52. The fourth-order valence-corrected chi connectivity index (χ4v) is 4.46. The Bertz CT molecular complexity index is 1290. The van der Waals surface area contributed by atoms with E-state index < -0.39 is 0 Å². The SMILES string of the molecule is COc1ccc(C=CC(=O)NCc2nnc(SCC(=O)Nc3cc(C)c(C)cc3Br)n2C)cc1OC. The highest BCUT2D eigenvalue weighted by molar-refractivity contribution is 9.10. The highest BCUT2D eigenvalue weighted by Gasteiger charge is 2.13. The number of benzene rings is 2. The summed E-state index contributed by atoms with van der Waals surface area (Å²) in [6.07, 6.45) is 3.12. The van der Waals surface area contributed by atoms with E-state index in [2.05, 4.69) is 36.8 Å². The Balaban J connectivity index is 1.51. The molecule has 0 aliphatic rings. The molecular formula is C25H28BrN5O4S. The molecule has 0 saturated heterocycles. The molecule has 2 aromatic carbocycles. The number of methoxy groups -OCH3 is 2. The number of carbonyl (C=O) groups is 2. The predicted molar refractivity (Wildman–Crippen MR) is 144 cm³/mol. The number of nitrogens with zero attached hydrogens (tertiary/aromatic N) is 3. The molecule has 3 rings (SSSR count). The van der Waals surface area contributed by atoms with Gasteiger partial charge in [-0.1, -0.05) is 17.8 Å². The number of nitrogens with one attached hydrogen (secondary N) is 2. The van der Waals surface area contributed by atoms with E-state index >= 15 is 0 Å². The number of hydrogen-bond acceptors (Lipinski definition) is 7. The Morgan fingerprint density at radius 2 is 1.81 bits per heavy atom. The van der Waals surface area contributed by atoms with Gasteiger partial charge in [0.05, 0.1) is 32.2 Å². The van der Waals surface area contributed by atoms with Crippen LogP contribution in [-0.2, 0) is 23.2 Å². The molecule has 2 amide bonds. The third-order valence-corrected chi connectivity index (χ3v) is 7.05. The van der Waals surface area contributed by atoms with Crippen molar-refractivity contribution in [2.24, 2.45) is 7.05 Å². The van der Waals surface area contributed by atoms with Gasteiger partial charge in [0.25, 0.3) is 0 Å². The van der Waals surface area contributed by atoms with Crippen molar-refractivity contribution in [3.05, 3.63) is 63.4 Å². The molecule has 36 heavy (non-hydrogen) atoms. The molecule has 3 aromatic rings. The molecule has 9 nitrogen and oxygen atoms in total. The van der Waals surface area contributed by atoms with Crippen molar-refractivity contribution in [1.29, 1.82) is 0 Å². The van der Waals surface area contributed by atoms with Crippen LogP contribution in [0.2, 0.25) is 0 Å². The Labute approximate surface area is 222 Å². The Hall–Kier alpha value is -3.31. The summed E-state index contributed by atoms with van der Waals surface area (Å²) in [5, 5.41) is 14.5. The lowest BCUT2D eigenvalue weighted by Gasteiger charge is -2.10. The predicted octanol–water partition coefficient (Wildman–Crippen LogP) is 4.27. The van der Waals surface area contributed by atoms with Crippen LogP contribution < -0.4 is 20.1 Å². The zero-order chi connectivity index (χ0) is 26.2. The van der Waals surface area contributed by atoms with Gasteiger partial charge < -0.3 is 24.7 Å². The summed E-state index contributed by atoms with van der Waals surface area (Å²) in [4.78, 5) is 24.7. The van der Waals surface area contributed by atoms with Crippen LogP contribution in [0.25, 0.3) is 6.08 Å². The van der Waals surface area contributed by atoms with Crippen LogP contribution in [0.5, 0.6) is 11.5 Å². The Kier molecular flexibility index (Phi) is 9.54. The van der Waals surface area contributed by atoms with Gasteiger partial charge in [-0.2, -0.15) is 0 Å². The molecular weight excluding hydrogens is 546 g/mol. The number of ether oxygens (including phenoxy) is 2. The smallest absolute Gasteiger partial charge is 0.244 e. The van der Waals surface area contributed by atoms with E-state index in [0.29, 0.717) is 22.5 Å². The first-order valence-electron chi connectivity index (χ1n) is 11.0. The van der Waals surface area contributed by atoms with Crippen molar-refractivity contribution in [1.82, 2.24) is 20.1 Å². The highest BCUT2D eigenvalue weighted by atomic mass is 79.9.